The topological polar surface area (TPSA) is 64.6 Å². The molecule has 3 heterocycles. The average molecular weight is 390 g/mol. The van der Waals surface area contributed by atoms with Crippen LogP contribution in [0, 0.1) is 17.7 Å². The SMILES string of the molecule is CC[C@@H]1Cc2c(F)cc(C(=O)NO)cc2CN1CC1C[C@H]2CC(C)C[C@@H](C1)N2. The second kappa shape index (κ2) is 8.09. The predicted molar refractivity (Wildman–Crippen MR) is 106 cm³/mol. The zero-order valence-electron chi connectivity index (χ0n) is 16.9. The van der Waals surface area contributed by atoms with Crippen molar-refractivity contribution in [1.29, 1.82) is 0 Å². The van der Waals surface area contributed by atoms with Crippen molar-refractivity contribution in [2.24, 2.45) is 11.8 Å². The van der Waals surface area contributed by atoms with Gasteiger partial charge in [-0.3, -0.25) is 14.9 Å². The van der Waals surface area contributed by atoms with Gasteiger partial charge < -0.3 is 5.32 Å². The molecule has 2 saturated heterocycles. The van der Waals surface area contributed by atoms with E-state index in [4.69, 9.17) is 5.21 Å². The first-order valence-electron chi connectivity index (χ1n) is 10.7. The number of nitrogens with zero attached hydrogens (tertiary/aromatic N) is 1. The molecule has 2 unspecified atom stereocenters. The number of carbonyl (C=O) groups is 1. The van der Waals surface area contributed by atoms with E-state index in [1.54, 1.807) is 11.5 Å². The number of hydroxylamine groups is 1. The molecule has 1 aromatic rings. The molecule has 154 valence electrons. The fourth-order valence-corrected chi connectivity index (χ4v) is 5.83. The van der Waals surface area contributed by atoms with Crippen LogP contribution in [0.5, 0.6) is 0 Å². The Bertz CT molecular complexity index is 723. The zero-order chi connectivity index (χ0) is 19.8. The van der Waals surface area contributed by atoms with Crippen LogP contribution in [0.15, 0.2) is 12.1 Å². The van der Waals surface area contributed by atoms with Crippen LogP contribution in [0.2, 0.25) is 0 Å². The summed E-state index contributed by atoms with van der Waals surface area (Å²) in [6, 6.07) is 4.60. The van der Waals surface area contributed by atoms with Crippen molar-refractivity contribution >= 4 is 5.91 Å². The summed E-state index contributed by atoms with van der Waals surface area (Å²) in [5, 5.41) is 12.7. The van der Waals surface area contributed by atoms with Crippen molar-refractivity contribution in [3.8, 4) is 0 Å². The number of hydrogen-bond donors (Lipinski definition) is 3. The van der Waals surface area contributed by atoms with Crippen LogP contribution in [0.25, 0.3) is 0 Å². The minimum atomic E-state index is -0.661. The van der Waals surface area contributed by atoms with E-state index in [9.17, 15) is 9.18 Å². The van der Waals surface area contributed by atoms with Crippen molar-refractivity contribution in [1.82, 2.24) is 15.7 Å². The molecule has 2 bridgehead atoms. The predicted octanol–water partition coefficient (Wildman–Crippen LogP) is 3.25. The number of amides is 1. The van der Waals surface area contributed by atoms with Crippen molar-refractivity contribution in [2.45, 2.75) is 77.0 Å². The fraction of sp³-hybridized carbons (Fsp3) is 0.682. The molecule has 3 N–H and O–H groups in total. The van der Waals surface area contributed by atoms with Gasteiger partial charge in [0.1, 0.15) is 5.82 Å². The maximum Gasteiger partial charge on any atom is 0.274 e. The molecule has 1 aromatic carbocycles. The molecule has 0 saturated carbocycles. The second-order valence-corrected chi connectivity index (χ2v) is 9.21. The Morgan fingerprint density at radius 3 is 2.64 bits per heavy atom. The highest BCUT2D eigenvalue weighted by molar-refractivity contribution is 5.93. The number of hydrogen-bond acceptors (Lipinski definition) is 4. The molecule has 5 nitrogen and oxygen atoms in total. The van der Waals surface area contributed by atoms with Crippen molar-refractivity contribution < 1.29 is 14.4 Å². The lowest BCUT2D eigenvalue weighted by molar-refractivity contribution is 0.0704. The second-order valence-electron chi connectivity index (χ2n) is 9.21. The molecular formula is C22H32FN3O2. The first-order valence-corrected chi connectivity index (χ1v) is 10.7. The van der Waals surface area contributed by atoms with E-state index in [0.29, 0.717) is 37.0 Å². The van der Waals surface area contributed by atoms with Gasteiger partial charge in [0.25, 0.3) is 5.91 Å². The summed E-state index contributed by atoms with van der Waals surface area (Å²) >= 11 is 0. The first-order chi connectivity index (χ1) is 13.5. The maximum absolute atomic E-state index is 14.6. The zero-order valence-corrected chi connectivity index (χ0v) is 16.9. The summed E-state index contributed by atoms with van der Waals surface area (Å²) in [6.45, 7) is 6.25. The van der Waals surface area contributed by atoms with Crippen molar-refractivity contribution in [3.63, 3.8) is 0 Å². The fourth-order valence-electron chi connectivity index (χ4n) is 5.83. The van der Waals surface area contributed by atoms with Gasteiger partial charge in [-0.05, 0) is 73.6 Å². The van der Waals surface area contributed by atoms with Gasteiger partial charge in [-0.25, -0.2) is 9.87 Å². The molecule has 6 heteroatoms. The monoisotopic (exact) mass is 389 g/mol. The lowest BCUT2D eigenvalue weighted by atomic mass is 9.76. The average Bonchev–Trinajstić information content (AvgIpc) is 2.65. The van der Waals surface area contributed by atoms with Crippen LogP contribution in [0.3, 0.4) is 0 Å². The van der Waals surface area contributed by atoms with Gasteiger partial charge in [0.15, 0.2) is 0 Å². The summed E-state index contributed by atoms with van der Waals surface area (Å²) in [6.07, 6.45) is 6.68. The summed E-state index contributed by atoms with van der Waals surface area (Å²) < 4.78 is 14.6. The normalized spacial score (nSPS) is 32.6. The largest absolute Gasteiger partial charge is 0.311 e. The smallest absolute Gasteiger partial charge is 0.274 e. The molecule has 28 heavy (non-hydrogen) atoms. The Morgan fingerprint density at radius 1 is 1.29 bits per heavy atom. The van der Waals surface area contributed by atoms with Crippen LogP contribution < -0.4 is 10.8 Å². The Labute approximate surface area is 166 Å². The van der Waals surface area contributed by atoms with E-state index in [2.05, 4.69) is 24.1 Å². The van der Waals surface area contributed by atoms with E-state index in [-0.39, 0.29) is 11.4 Å². The van der Waals surface area contributed by atoms with Gasteiger partial charge in [0.2, 0.25) is 0 Å². The lowest BCUT2D eigenvalue weighted by Gasteiger charge is -2.46. The number of carbonyl (C=O) groups excluding carboxylic acids is 1. The van der Waals surface area contributed by atoms with Gasteiger partial charge in [-0.2, -0.15) is 0 Å². The van der Waals surface area contributed by atoms with E-state index in [1.165, 1.54) is 31.7 Å². The standard InChI is InChI=1S/C22H32FN3O2/c1-3-19-10-20-16(8-15(9-21(20)23)22(27)25-28)12-26(19)11-14-6-17-4-13(2)5-18(7-14)24-17/h8-9,13-14,17-19,24,28H,3-7,10-12H2,1-2H3,(H,25,27)/t13?,14?,17-,18+,19-/m1/s1. The van der Waals surface area contributed by atoms with Crippen molar-refractivity contribution in [2.75, 3.05) is 6.54 Å². The number of nitrogens with one attached hydrogen (secondary N) is 2. The summed E-state index contributed by atoms with van der Waals surface area (Å²) in [5.74, 6) is 0.500. The highest BCUT2D eigenvalue weighted by Gasteiger charge is 2.36. The summed E-state index contributed by atoms with van der Waals surface area (Å²) in [5.41, 5.74) is 3.40. The molecule has 0 radical (unpaired) electrons. The van der Waals surface area contributed by atoms with E-state index in [1.807, 2.05) is 0 Å². The highest BCUT2D eigenvalue weighted by Crippen LogP contribution is 2.35. The number of fused-ring (bicyclic) bond motifs is 3. The number of halogens is 1. The van der Waals surface area contributed by atoms with E-state index in [0.717, 1.165) is 30.0 Å². The molecular weight excluding hydrogens is 357 g/mol. The van der Waals surface area contributed by atoms with E-state index >= 15 is 0 Å². The third kappa shape index (κ3) is 3.95. The quantitative estimate of drug-likeness (QED) is 0.546. The van der Waals surface area contributed by atoms with Gasteiger partial charge in [-0.1, -0.05) is 13.8 Å². The van der Waals surface area contributed by atoms with Gasteiger partial charge >= 0.3 is 0 Å². The van der Waals surface area contributed by atoms with Gasteiger partial charge in [0, 0.05) is 36.8 Å². The van der Waals surface area contributed by atoms with Crippen LogP contribution in [-0.2, 0) is 13.0 Å². The third-order valence-electron chi connectivity index (χ3n) is 7.03. The molecule has 0 spiro atoms. The van der Waals surface area contributed by atoms with Crippen LogP contribution >= 0.6 is 0 Å². The first kappa shape index (κ1) is 19.8. The summed E-state index contributed by atoms with van der Waals surface area (Å²) in [4.78, 5) is 14.3. The van der Waals surface area contributed by atoms with Gasteiger partial charge in [0.05, 0.1) is 0 Å². The number of piperidine rings is 2. The van der Waals surface area contributed by atoms with E-state index < -0.39 is 5.91 Å². The van der Waals surface area contributed by atoms with Crippen molar-refractivity contribution in [3.05, 3.63) is 34.6 Å². The molecule has 3 aliphatic heterocycles. The lowest BCUT2D eigenvalue weighted by Crippen LogP contribution is -2.53. The molecule has 5 atom stereocenters. The maximum atomic E-state index is 14.6. The third-order valence-corrected chi connectivity index (χ3v) is 7.03. The van der Waals surface area contributed by atoms with Crippen LogP contribution in [0.4, 0.5) is 4.39 Å². The Balaban J connectivity index is 1.51. The Morgan fingerprint density at radius 2 is 2.00 bits per heavy atom. The Hall–Kier alpha value is -1.50. The molecule has 2 fully saturated rings. The minimum absolute atomic E-state index is 0.180. The molecule has 4 rings (SSSR count). The molecule has 0 aromatic heterocycles. The number of rotatable bonds is 4. The molecule has 1 amide bonds. The summed E-state index contributed by atoms with van der Waals surface area (Å²) in [7, 11) is 0. The van der Waals surface area contributed by atoms with Crippen LogP contribution in [0.1, 0.15) is 67.4 Å². The number of benzene rings is 1. The highest BCUT2D eigenvalue weighted by atomic mass is 19.1. The van der Waals surface area contributed by atoms with Crippen LogP contribution in [-0.4, -0.2) is 40.7 Å². The minimum Gasteiger partial charge on any atom is -0.311 e. The molecule has 3 aliphatic rings. The van der Waals surface area contributed by atoms with Gasteiger partial charge in [-0.15, -0.1) is 0 Å². The Kier molecular flexibility index (Phi) is 5.72. The molecule has 0 aliphatic carbocycles.